The van der Waals surface area contributed by atoms with Gasteiger partial charge in [-0.1, -0.05) is 65.5 Å². The maximum atomic E-state index is 5.75. The molecule has 29 heavy (non-hydrogen) atoms. The van der Waals surface area contributed by atoms with Crippen LogP contribution in [0.5, 0.6) is 0 Å². The van der Waals surface area contributed by atoms with Crippen LogP contribution in [0.2, 0.25) is 0 Å². The van der Waals surface area contributed by atoms with E-state index in [0.29, 0.717) is 16.9 Å². The van der Waals surface area contributed by atoms with E-state index in [2.05, 4.69) is 40.7 Å². The molecule has 0 radical (unpaired) electrons. The summed E-state index contributed by atoms with van der Waals surface area (Å²) in [7, 11) is 1.91. The molecule has 1 heteroatoms. The fourth-order valence-electron chi connectivity index (χ4n) is 8.85. The average Bonchev–Trinajstić information content (AvgIpc) is 3.04. The van der Waals surface area contributed by atoms with Crippen LogP contribution in [0.1, 0.15) is 105 Å². The van der Waals surface area contributed by atoms with Gasteiger partial charge in [-0.15, -0.1) is 0 Å². The van der Waals surface area contributed by atoms with E-state index >= 15 is 0 Å². The van der Waals surface area contributed by atoms with Crippen LogP contribution in [0.25, 0.3) is 0 Å². The first-order valence-electron chi connectivity index (χ1n) is 13.0. The second-order valence-electron chi connectivity index (χ2n) is 12.4. The Morgan fingerprint density at radius 2 is 1.79 bits per heavy atom. The van der Waals surface area contributed by atoms with Crippen molar-refractivity contribution in [3.63, 3.8) is 0 Å². The topological polar surface area (TPSA) is 9.23 Å². The van der Waals surface area contributed by atoms with Crippen LogP contribution < -0.4 is 0 Å². The summed E-state index contributed by atoms with van der Waals surface area (Å²) < 4.78 is 5.75. The lowest BCUT2D eigenvalue weighted by Crippen LogP contribution is -2.50. The van der Waals surface area contributed by atoms with Gasteiger partial charge in [-0.2, -0.15) is 0 Å². The number of hydrogen-bond donors (Lipinski definition) is 0. The predicted octanol–water partition coefficient (Wildman–Crippen LogP) is 8.04. The molecule has 0 heterocycles. The third-order valence-corrected chi connectivity index (χ3v) is 10.6. The molecule has 4 aliphatic rings. The summed E-state index contributed by atoms with van der Waals surface area (Å²) in [4.78, 5) is 0. The molecule has 0 aromatic rings. The first-order valence-corrected chi connectivity index (χ1v) is 13.0. The van der Waals surface area contributed by atoms with Crippen molar-refractivity contribution in [2.24, 2.45) is 46.3 Å². The summed E-state index contributed by atoms with van der Waals surface area (Å²) in [6.07, 6.45) is 18.7. The average molecular weight is 401 g/mol. The second-order valence-corrected chi connectivity index (χ2v) is 12.4. The molecule has 8 atom stereocenters. The number of fused-ring (bicyclic) bond motifs is 5. The van der Waals surface area contributed by atoms with E-state index in [-0.39, 0.29) is 0 Å². The van der Waals surface area contributed by atoms with Crippen LogP contribution in [-0.2, 0) is 4.74 Å². The Bertz CT molecular complexity index is 605. The van der Waals surface area contributed by atoms with Crippen LogP contribution in [0, 0.1) is 46.3 Å². The maximum Gasteiger partial charge on any atom is 0.0608 e. The van der Waals surface area contributed by atoms with Gasteiger partial charge in [-0.25, -0.2) is 0 Å². The summed E-state index contributed by atoms with van der Waals surface area (Å²) in [6.45, 7) is 12.7. The largest absolute Gasteiger partial charge is 0.381 e. The van der Waals surface area contributed by atoms with Gasteiger partial charge in [0, 0.05) is 7.11 Å². The van der Waals surface area contributed by atoms with Gasteiger partial charge in [0.2, 0.25) is 0 Å². The van der Waals surface area contributed by atoms with Gasteiger partial charge in [0.05, 0.1) is 6.10 Å². The van der Waals surface area contributed by atoms with Crippen molar-refractivity contribution in [1.82, 2.24) is 0 Å². The van der Waals surface area contributed by atoms with Crippen LogP contribution in [0.4, 0.5) is 0 Å². The van der Waals surface area contributed by atoms with E-state index in [4.69, 9.17) is 4.74 Å². The van der Waals surface area contributed by atoms with Crippen molar-refractivity contribution in [2.45, 2.75) is 111 Å². The van der Waals surface area contributed by atoms with Gasteiger partial charge in [-0.3, -0.25) is 0 Å². The van der Waals surface area contributed by atoms with Crippen LogP contribution in [0.15, 0.2) is 11.6 Å². The van der Waals surface area contributed by atoms with Crippen LogP contribution in [-0.4, -0.2) is 13.2 Å². The smallest absolute Gasteiger partial charge is 0.0608 e. The van der Waals surface area contributed by atoms with Crippen molar-refractivity contribution < 1.29 is 4.74 Å². The highest BCUT2D eigenvalue weighted by atomic mass is 16.5. The summed E-state index contributed by atoms with van der Waals surface area (Å²) in [5, 5.41) is 0. The molecular weight excluding hydrogens is 352 g/mol. The molecule has 0 N–H and O–H groups in total. The van der Waals surface area contributed by atoms with E-state index in [1.54, 1.807) is 5.57 Å². The molecule has 0 saturated heterocycles. The minimum Gasteiger partial charge on any atom is -0.381 e. The van der Waals surface area contributed by atoms with Crippen molar-refractivity contribution in [3.8, 4) is 0 Å². The van der Waals surface area contributed by atoms with Gasteiger partial charge >= 0.3 is 0 Å². The zero-order valence-corrected chi connectivity index (χ0v) is 20.3. The van der Waals surface area contributed by atoms with Crippen molar-refractivity contribution in [2.75, 3.05) is 7.11 Å². The first-order chi connectivity index (χ1) is 13.8. The highest BCUT2D eigenvalue weighted by molar-refractivity contribution is 5.25. The molecule has 0 aliphatic heterocycles. The quantitative estimate of drug-likeness (QED) is 0.410. The molecule has 0 aromatic heterocycles. The molecule has 3 saturated carbocycles. The number of ether oxygens (including phenoxy) is 1. The number of hydrogen-bond acceptors (Lipinski definition) is 1. The molecule has 3 fully saturated rings. The Morgan fingerprint density at radius 3 is 2.52 bits per heavy atom. The molecule has 0 bridgehead atoms. The standard InChI is InChI=1S/C28H48O/c1-19(2)8-7-9-20(3)24-12-13-25-23-11-10-21-18-22(29-6)14-16-27(21,4)26(23)15-17-28(24,25)5/h10,19-20,22-26H,7-9,11-18H2,1-6H3/t20-,22?,23+,24?,25?,26+,27+,28-/m1/s1. The minimum absolute atomic E-state index is 0.472. The van der Waals surface area contributed by atoms with Gasteiger partial charge in [0.25, 0.3) is 0 Å². The molecule has 0 aromatic carbocycles. The lowest BCUT2D eigenvalue weighted by molar-refractivity contribution is -0.0601. The third-order valence-electron chi connectivity index (χ3n) is 10.6. The van der Waals surface area contributed by atoms with E-state index in [1.165, 1.54) is 70.6 Å². The molecular formula is C28H48O. The Morgan fingerprint density at radius 1 is 1.00 bits per heavy atom. The Balaban J connectivity index is 1.48. The fourth-order valence-corrected chi connectivity index (χ4v) is 8.85. The molecule has 4 aliphatic carbocycles. The van der Waals surface area contributed by atoms with Crippen LogP contribution in [0.3, 0.4) is 0 Å². The van der Waals surface area contributed by atoms with E-state index in [9.17, 15) is 0 Å². The molecule has 1 nitrogen and oxygen atoms in total. The summed E-state index contributed by atoms with van der Waals surface area (Å²) in [5.74, 6) is 5.63. The number of methoxy groups -OCH3 is 1. The fraction of sp³-hybridized carbons (Fsp3) is 0.929. The predicted molar refractivity (Wildman–Crippen MR) is 124 cm³/mol. The summed E-state index contributed by atoms with van der Waals surface area (Å²) >= 11 is 0. The SMILES string of the molecule is COC1CC[C@@]2(C)C(=CC[C@H]3C4CCC([C@H](C)CCCC(C)C)[C@@]4(C)CC[C@@H]32)C1. The number of rotatable bonds is 6. The zero-order valence-electron chi connectivity index (χ0n) is 20.3. The summed E-state index contributed by atoms with van der Waals surface area (Å²) in [5.41, 5.74) is 2.85. The maximum absolute atomic E-state index is 5.75. The van der Waals surface area contributed by atoms with E-state index in [0.717, 1.165) is 35.5 Å². The normalized spacial score (nSPS) is 45.3. The van der Waals surface area contributed by atoms with Gasteiger partial charge in [0.15, 0.2) is 0 Å². The minimum atomic E-state index is 0.472. The molecule has 0 spiro atoms. The Hall–Kier alpha value is -0.300. The van der Waals surface area contributed by atoms with Crippen LogP contribution >= 0.6 is 0 Å². The molecule has 3 unspecified atom stereocenters. The summed E-state index contributed by atoms with van der Waals surface area (Å²) in [6, 6.07) is 0. The van der Waals surface area contributed by atoms with Gasteiger partial charge < -0.3 is 4.74 Å². The third kappa shape index (κ3) is 3.77. The monoisotopic (exact) mass is 400 g/mol. The van der Waals surface area contributed by atoms with Crippen molar-refractivity contribution in [3.05, 3.63) is 11.6 Å². The Kier molecular flexibility index (Phi) is 6.29. The van der Waals surface area contributed by atoms with E-state index < -0.39 is 0 Å². The lowest BCUT2D eigenvalue weighted by atomic mass is 9.47. The van der Waals surface area contributed by atoms with Gasteiger partial charge in [-0.05, 0) is 97.7 Å². The lowest BCUT2D eigenvalue weighted by Gasteiger charge is -2.58. The first kappa shape index (κ1) is 21.9. The highest BCUT2D eigenvalue weighted by Gasteiger charge is 2.59. The second kappa shape index (κ2) is 8.33. The van der Waals surface area contributed by atoms with Crippen molar-refractivity contribution in [1.29, 1.82) is 0 Å². The zero-order chi connectivity index (χ0) is 20.8. The molecule has 166 valence electrons. The number of allylic oxidation sites excluding steroid dienone is 1. The van der Waals surface area contributed by atoms with Crippen molar-refractivity contribution >= 4 is 0 Å². The molecule has 4 rings (SSSR count). The Labute approximate surface area is 181 Å². The molecule has 0 amide bonds. The highest BCUT2D eigenvalue weighted by Crippen LogP contribution is 2.67. The van der Waals surface area contributed by atoms with Gasteiger partial charge in [0.1, 0.15) is 0 Å². The van der Waals surface area contributed by atoms with E-state index in [1.807, 2.05) is 7.11 Å².